The van der Waals surface area contributed by atoms with E-state index >= 15 is 0 Å². The van der Waals surface area contributed by atoms with Crippen molar-refractivity contribution in [1.29, 1.82) is 0 Å². The number of piperazine rings is 1. The second-order valence-corrected chi connectivity index (χ2v) is 4.95. The van der Waals surface area contributed by atoms with Crippen LogP contribution in [-0.2, 0) is 4.79 Å². The Bertz CT molecular complexity index is 296. The average Bonchev–Trinajstić information content (AvgIpc) is 2.27. The van der Waals surface area contributed by atoms with Crippen LogP contribution in [0.3, 0.4) is 0 Å². The van der Waals surface area contributed by atoms with Crippen LogP contribution in [0.4, 0.5) is 13.2 Å². The Morgan fingerprint density at radius 2 is 1.72 bits per heavy atom. The lowest BCUT2D eigenvalue weighted by atomic mass is 9.98. The Labute approximate surface area is 105 Å². The molecule has 1 aliphatic heterocycles. The maximum absolute atomic E-state index is 12.2. The van der Waals surface area contributed by atoms with E-state index in [2.05, 4.69) is 0 Å². The molecule has 1 rings (SSSR count). The largest absolute Gasteiger partial charge is 0.401 e. The van der Waals surface area contributed by atoms with Gasteiger partial charge in [-0.2, -0.15) is 13.2 Å². The summed E-state index contributed by atoms with van der Waals surface area (Å²) in [6.45, 7) is 3.65. The molecule has 1 heterocycles. The van der Waals surface area contributed by atoms with Gasteiger partial charge in [-0.05, 0) is 13.3 Å². The van der Waals surface area contributed by atoms with E-state index in [1.807, 2.05) is 6.92 Å². The Morgan fingerprint density at radius 1 is 1.22 bits per heavy atom. The van der Waals surface area contributed by atoms with Crippen LogP contribution in [0.5, 0.6) is 0 Å². The first-order valence-corrected chi connectivity index (χ1v) is 6.03. The van der Waals surface area contributed by atoms with Crippen molar-refractivity contribution in [2.24, 2.45) is 5.73 Å². The lowest BCUT2D eigenvalue weighted by Gasteiger charge is -2.38. The van der Waals surface area contributed by atoms with Gasteiger partial charge in [-0.1, -0.05) is 6.92 Å². The fourth-order valence-electron chi connectivity index (χ4n) is 1.88. The summed E-state index contributed by atoms with van der Waals surface area (Å²) in [4.78, 5) is 14.9. The molecule has 1 amide bonds. The number of alkyl halides is 3. The molecule has 0 aliphatic carbocycles. The molecule has 2 N–H and O–H groups in total. The number of carbonyl (C=O) groups excluding carboxylic acids is 1. The molecule has 1 aliphatic rings. The highest BCUT2D eigenvalue weighted by Crippen LogP contribution is 2.18. The summed E-state index contributed by atoms with van der Waals surface area (Å²) in [6.07, 6.45) is -3.67. The van der Waals surface area contributed by atoms with E-state index in [-0.39, 0.29) is 19.0 Å². The summed E-state index contributed by atoms with van der Waals surface area (Å²) in [5.41, 5.74) is 4.92. The van der Waals surface area contributed by atoms with Crippen molar-refractivity contribution < 1.29 is 18.0 Å². The highest BCUT2D eigenvalue weighted by molar-refractivity contribution is 5.85. The van der Waals surface area contributed by atoms with E-state index in [4.69, 9.17) is 5.73 Å². The lowest BCUT2D eigenvalue weighted by molar-refractivity contribution is -0.153. The first kappa shape index (κ1) is 15.2. The Morgan fingerprint density at radius 3 is 2.11 bits per heavy atom. The molecule has 1 atom stereocenters. The van der Waals surface area contributed by atoms with Crippen molar-refractivity contribution in [1.82, 2.24) is 9.80 Å². The number of hydrogen-bond donors (Lipinski definition) is 1. The molecular weight excluding hydrogens is 247 g/mol. The average molecular weight is 267 g/mol. The molecule has 0 radical (unpaired) electrons. The molecular formula is C11H20F3N3O. The van der Waals surface area contributed by atoms with Crippen LogP contribution in [-0.4, -0.2) is 60.1 Å². The topological polar surface area (TPSA) is 49.6 Å². The second kappa shape index (κ2) is 5.44. The second-order valence-electron chi connectivity index (χ2n) is 4.95. The number of carbonyl (C=O) groups is 1. The minimum Gasteiger partial charge on any atom is -0.339 e. The molecule has 0 bridgehead atoms. The van der Waals surface area contributed by atoms with Gasteiger partial charge in [0, 0.05) is 26.2 Å². The minimum atomic E-state index is -4.18. The molecule has 0 spiro atoms. The van der Waals surface area contributed by atoms with Crippen LogP contribution in [0, 0.1) is 0 Å². The maximum Gasteiger partial charge on any atom is 0.401 e. The van der Waals surface area contributed by atoms with Gasteiger partial charge in [0.05, 0.1) is 12.1 Å². The van der Waals surface area contributed by atoms with Crippen LogP contribution in [0.2, 0.25) is 0 Å². The quantitative estimate of drug-likeness (QED) is 0.823. The molecule has 4 nitrogen and oxygen atoms in total. The van der Waals surface area contributed by atoms with E-state index in [0.29, 0.717) is 19.5 Å². The Hall–Kier alpha value is -0.820. The summed E-state index contributed by atoms with van der Waals surface area (Å²) in [7, 11) is 0. The molecule has 0 aromatic heterocycles. The van der Waals surface area contributed by atoms with Crippen molar-refractivity contribution in [2.75, 3.05) is 32.7 Å². The molecule has 0 saturated carbocycles. The van der Waals surface area contributed by atoms with Crippen molar-refractivity contribution in [3.8, 4) is 0 Å². The lowest BCUT2D eigenvalue weighted by Crippen LogP contribution is -2.58. The number of halogens is 3. The third-order valence-corrected chi connectivity index (χ3v) is 3.29. The molecule has 0 aromatic rings. The Balaban J connectivity index is 2.47. The standard InChI is InChI=1S/C11H20F3N3O/c1-3-10(2,15)9(18)17-6-4-16(5-7-17)8-11(12,13)14/h3-8,15H2,1-2H3. The number of amides is 1. The van der Waals surface area contributed by atoms with E-state index in [9.17, 15) is 18.0 Å². The van der Waals surface area contributed by atoms with Gasteiger partial charge in [-0.25, -0.2) is 0 Å². The molecule has 0 aromatic carbocycles. The van der Waals surface area contributed by atoms with Crippen LogP contribution in [0.1, 0.15) is 20.3 Å². The zero-order valence-corrected chi connectivity index (χ0v) is 10.8. The number of rotatable bonds is 3. The summed E-state index contributed by atoms with van der Waals surface area (Å²) < 4.78 is 36.6. The first-order chi connectivity index (χ1) is 8.15. The van der Waals surface area contributed by atoms with Gasteiger partial charge >= 0.3 is 6.18 Å². The minimum absolute atomic E-state index is 0.184. The van der Waals surface area contributed by atoms with Crippen molar-refractivity contribution in [3.63, 3.8) is 0 Å². The Kier molecular flexibility index (Phi) is 4.61. The summed E-state index contributed by atoms with van der Waals surface area (Å²) in [5, 5.41) is 0. The molecule has 106 valence electrons. The number of nitrogens with zero attached hydrogens (tertiary/aromatic N) is 2. The smallest absolute Gasteiger partial charge is 0.339 e. The molecule has 1 unspecified atom stereocenters. The third kappa shape index (κ3) is 4.13. The van der Waals surface area contributed by atoms with Crippen LogP contribution >= 0.6 is 0 Å². The monoisotopic (exact) mass is 267 g/mol. The van der Waals surface area contributed by atoms with E-state index in [1.54, 1.807) is 11.8 Å². The van der Waals surface area contributed by atoms with Crippen LogP contribution in [0.15, 0.2) is 0 Å². The van der Waals surface area contributed by atoms with E-state index in [0.717, 1.165) is 0 Å². The molecule has 1 saturated heterocycles. The van der Waals surface area contributed by atoms with Gasteiger partial charge in [-0.15, -0.1) is 0 Å². The number of hydrogen-bond acceptors (Lipinski definition) is 3. The van der Waals surface area contributed by atoms with Crippen LogP contribution < -0.4 is 5.73 Å². The zero-order valence-electron chi connectivity index (χ0n) is 10.8. The fraction of sp³-hybridized carbons (Fsp3) is 0.909. The zero-order chi connectivity index (χ0) is 14.0. The third-order valence-electron chi connectivity index (χ3n) is 3.29. The van der Waals surface area contributed by atoms with Gasteiger partial charge in [0.25, 0.3) is 0 Å². The van der Waals surface area contributed by atoms with Gasteiger partial charge in [-0.3, -0.25) is 9.69 Å². The predicted molar refractivity (Wildman–Crippen MR) is 62.0 cm³/mol. The maximum atomic E-state index is 12.2. The predicted octanol–water partition coefficient (Wildman–Crippen LogP) is 0.820. The van der Waals surface area contributed by atoms with E-state index in [1.165, 1.54) is 4.90 Å². The summed E-state index contributed by atoms with van der Waals surface area (Å²) in [6, 6.07) is 0. The first-order valence-electron chi connectivity index (χ1n) is 6.03. The summed E-state index contributed by atoms with van der Waals surface area (Å²) in [5.74, 6) is -0.184. The van der Waals surface area contributed by atoms with Gasteiger partial charge < -0.3 is 10.6 Å². The van der Waals surface area contributed by atoms with Crippen molar-refractivity contribution in [2.45, 2.75) is 32.0 Å². The molecule has 18 heavy (non-hydrogen) atoms. The van der Waals surface area contributed by atoms with Gasteiger partial charge in [0.1, 0.15) is 0 Å². The fourth-order valence-corrected chi connectivity index (χ4v) is 1.88. The normalized spacial score (nSPS) is 21.8. The van der Waals surface area contributed by atoms with Crippen molar-refractivity contribution in [3.05, 3.63) is 0 Å². The molecule has 1 fully saturated rings. The highest BCUT2D eigenvalue weighted by atomic mass is 19.4. The number of nitrogens with two attached hydrogens (primary N) is 1. The van der Waals surface area contributed by atoms with Crippen LogP contribution in [0.25, 0.3) is 0 Å². The van der Waals surface area contributed by atoms with Crippen molar-refractivity contribution >= 4 is 5.91 Å². The summed E-state index contributed by atoms with van der Waals surface area (Å²) >= 11 is 0. The SMILES string of the molecule is CCC(C)(N)C(=O)N1CCN(CC(F)(F)F)CC1. The van der Waals surface area contributed by atoms with Gasteiger partial charge in [0.2, 0.25) is 5.91 Å². The molecule has 7 heteroatoms. The highest BCUT2D eigenvalue weighted by Gasteiger charge is 2.35. The van der Waals surface area contributed by atoms with E-state index < -0.39 is 18.3 Å². The van der Waals surface area contributed by atoms with Gasteiger partial charge in [0.15, 0.2) is 0 Å².